The molecule has 0 N–H and O–H groups in total. The molecule has 0 saturated heterocycles. The van der Waals surface area contributed by atoms with Crippen LogP contribution in [0.2, 0.25) is 0 Å². The van der Waals surface area contributed by atoms with Gasteiger partial charge in [0, 0.05) is 17.9 Å². The lowest BCUT2D eigenvalue weighted by Crippen LogP contribution is -2.45. The van der Waals surface area contributed by atoms with E-state index < -0.39 is 0 Å². The molecule has 2 atom stereocenters. The molecule has 2 aromatic carbocycles. The number of hydrazone groups is 1. The second-order valence-corrected chi connectivity index (χ2v) is 7.96. The quantitative estimate of drug-likeness (QED) is 0.723. The van der Waals surface area contributed by atoms with Crippen molar-refractivity contribution in [2.45, 2.75) is 57.7 Å². The van der Waals surface area contributed by atoms with Crippen molar-refractivity contribution >= 4 is 5.71 Å². The van der Waals surface area contributed by atoms with Crippen molar-refractivity contribution < 1.29 is 4.74 Å². The van der Waals surface area contributed by atoms with Crippen LogP contribution in [-0.2, 0) is 0 Å². The minimum absolute atomic E-state index is 0.0816. The Morgan fingerprint density at radius 2 is 1.73 bits per heavy atom. The summed E-state index contributed by atoms with van der Waals surface area (Å²) in [6.45, 7) is 2.13. The molecule has 1 aliphatic carbocycles. The summed E-state index contributed by atoms with van der Waals surface area (Å²) in [5, 5.41) is 7.38. The van der Waals surface area contributed by atoms with Crippen LogP contribution in [0.5, 0.6) is 5.75 Å². The predicted molar refractivity (Wildman–Crippen MR) is 104 cm³/mol. The molecule has 0 spiro atoms. The summed E-state index contributed by atoms with van der Waals surface area (Å²) in [6, 6.07) is 17.6. The van der Waals surface area contributed by atoms with Gasteiger partial charge in [0.1, 0.15) is 5.75 Å². The molecular weight excluding hydrogens is 320 g/mol. The molecule has 0 radical (unpaired) electrons. The minimum Gasteiger partial charge on any atom is -0.468 e. The van der Waals surface area contributed by atoms with E-state index >= 15 is 0 Å². The first-order chi connectivity index (χ1) is 12.8. The van der Waals surface area contributed by atoms with Crippen LogP contribution < -0.4 is 4.74 Å². The molecule has 0 bridgehead atoms. The number of hydrogen-bond donors (Lipinski definition) is 0. The highest BCUT2D eigenvalue weighted by atomic mass is 16.5. The number of hydrogen-bond acceptors (Lipinski definition) is 3. The van der Waals surface area contributed by atoms with E-state index in [1.54, 1.807) is 0 Å². The number of para-hydroxylation sites is 1. The lowest BCUT2D eigenvalue weighted by atomic mass is 9.86. The molecule has 2 aliphatic heterocycles. The Kier molecular flexibility index (Phi) is 3.96. The first-order valence-electron chi connectivity index (χ1n) is 9.98. The molecule has 0 unspecified atom stereocenters. The van der Waals surface area contributed by atoms with Gasteiger partial charge in [0.2, 0.25) is 0 Å². The number of fused-ring (bicyclic) bond motifs is 3. The van der Waals surface area contributed by atoms with Gasteiger partial charge in [0.25, 0.3) is 0 Å². The van der Waals surface area contributed by atoms with Crippen molar-refractivity contribution in [3.05, 3.63) is 65.2 Å². The lowest BCUT2D eigenvalue weighted by Gasteiger charge is -2.42. The maximum Gasteiger partial charge on any atom is 0.190 e. The summed E-state index contributed by atoms with van der Waals surface area (Å²) in [6.07, 6.45) is 7.56. The highest BCUT2D eigenvalue weighted by Gasteiger charge is 2.43. The largest absolute Gasteiger partial charge is 0.468 e. The number of nitrogens with zero attached hydrogens (tertiary/aromatic N) is 2. The van der Waals surface area contributed by atoms with Crippen LogP contribution in [0, 0.1) is 12.8 Å². The maximum atomic E-state index is 6.51. The van der Waals surface area contributed by atoms with Crippen LogP contribution in [-0.4, -0.2) is 16.9 Å². The maximum absolute atomic E-state index is 6.51. The molecule has 3 heteroatoms. The van der Waals surface area contributed by atoms with Crippen molar-refractivity contribution in [2.75, 3.05) is 0 Å². The Labute approximate surface area is 155 Å². The zero-order chi connectivity index (χ0) is 17.5. The van der Waals surface area contributed by atoms with Crippen LogP contribution in [0.3, 0.4) is 0 Å². The van der Waals surface area contributed by atoms with E-state index in [2.05, 4.69) is 60.5 Å². The zero-order valence-corrected chi connectivity index (χ0v) is 15.4. The van der Waals surface area contributed by atoms with Crippen molar-refractivity contribution in [3.8, 4) is 5.75 Å². The van der Waals surface area contributed by atoms with Gasteiger partial charge in [-0.1, -0.05) is 67.3 Å². The fourth-order valence-electron chi connectivity index (χ4n) is 4.71. The lowest BCUT2D eigenvalue weighted by molar-refractivity contribution is -0.0643. The molecule has 1 saturated carbocycles. The van der Waals surface area contributed by atoms with Crippen molar-refractivity contribution in [2.24, 2.45) is 11.0 Å². The first-order valence-corrected chi connectivity index (χ1v) is 9.98. The average Bonchev–Trinajstić information content (AvgIpc) is 3.14. The van der Waals surface area contributed by atoms with Crippen molar-refractivity contribution in [1.82, 2.24) is 5.01 Å². The molecule has 3 aliphatic rings. The Hall–Kier alpha value is -2.29. The minimum atomic E-state index is 0.0816. The smallest absolute Gasteiger partial charge is 0.190 e. The summed E-state index contributed by atoms with van der Waals surface area (Å²) < 4.78 is 6.51. The van der Waals surface area contributed by atoms with Crippen LogP contribution in [0.4, 0.5) is 0 Å². The average molecular weight is 346 g/mol. The summed E-state index contributed by atoms with van der Waals surface area (Å²) >= 11 is 0. The fourth-order valence-corrected chi connectivity index (χ4v) is 4.71. The molecule has 2 aromatic rings. The highest BCUT2D eigenvalue weighted by molar-refractivity contribution is 6.02. The molecule has 3 nitrogen and oxygen atoms in total. The summed E-state index contributed by atoms with van der Waals surface area (Å²) in [7, 11) is 0. The molecule has 0 amide bonds. The van der Waals surface area contributed by atoms with Crippen LogP contribution in [0.1, 0.15) is 61.3 Å². The third kappa shape index (κ3) is 2.70. The number of ether oxygens (including phenoxy) is 1. The third-order valence-electron chi connectivity index (χ3n) is 6.17. The van der Waals surface area contributed by atoms with Gasteiger partial charge in [-0.15, -0.1) is 0 Å². The van der Waals surface area contributed by atoms with E-state index in [-0.39, 0.29) is 6.23 Å². The van der Waals surface area contributed by atoms with E-state index in [4.69, 9.17) is 9.84 Å². The zero-order valence-electron chi connectivity index (χ0n) is 15.4. The normalized spacial score (nSPS) is 25.3. The fraction of sp³-hybridized carbons (Fsp3) is 0.435. The SMILES string of the molecule is Cc1ccc(C2=NN3[C@@H](C2)c2ccccc2O[C@H]3C2CCCCC2)cc1. The summed E-state index contributed by atoms with van der Waals surface area (Å²) in [5.74, 6) is 1.64. The number of benzene rings is 2. The molecular formula is C23H26N2O. The van der Waals surface area contributed by atoms with Crippen LogP contribution >= 0.6 is 0 Å². The number of aryl methyl sites for hydroxylation is 1. The second-order valence-electron chi connectivity index (χ2n) is 7.96. The van der Waals surface area contributed by atoms with E-state index in [1.165, 1.54) is 54.5 Å². The Morgan fingerprint density at radius 3 is 2.54 bits per heavy atom. The molecule has 2 heterocycles. The van der Waals surface area contributed by atoms with E-state index in [0.717, 1.165) is 12.2 Å². The second kappa shape index (κ2) is 6.46. The summed E-state index contributed by atoms with van der Waals surface area (Å²) in [4.78, 5) is 0. The van der Waals surface area contributed by atoms with Gasteiger partial charge in [-0.2, -0.15) is 5.10 Å². The van der Waals surface area contributed by atoms with Gasteiger partial charge in [-0.25, -0.2) is 5.01 Å². The molecule has 5 rings (SSSR count). The highest BCUT2D eigenvalue weighted by Crippen LogP contribution is 2.46. The van der Waals surface area contributed by atoms with Gasteiger partial charge in [-0.3, -0.25) is 0 Å². The van der Waals surface area contributed by atoms with Crippen LogP contribution in [0.25, 0.3) is 0 Å². The predicted octanol–water partition coefficient (Wildman–Crippen LogP) is 5.44. The molecule has 1 fully saturated rings. The third-order valence-corrected chi connectivity index (χ3v) is 6.17. The summed E-state index contributed by atoms with van der Waals surface area (Å²) in [5.41, 5.74) is 5.00. The van der Waals surface area contributed by atoms with Gasteiger partial charge >= 0.3 is 0 Å². The molecule has 26 heavy (non-hydrogen) atoms. The van der Waals surface area contributed by atoms with Gasteiger partial charge in [0.05, 0.1) is 11.8 Å². The van der Waals surface area contributed by atoms with Gasteiger partial charge in [0.15, 0.2) is 6.23 Å². The Balaban J connectivity index is 1.52. The van der Waals surface area contributed by atoms with Crippen LogP contribution in [0.15, 0.2) is 53.6 Å². The van der Waals surface area contributed by atoms with Gasteiger partial charge < -0.3 is 4.74 Å². The monoisotopic (exact) mass is 346 g/mol. The van der Waals surface area contributed by atoms with Crippen molar-refractivity contribution in [3.63, 3.8) is 0 Å². The standard InChI is InChI=1S/C23H26N2O/c1-16-11-13-17(14-12-16)20-15-21-19-9-5-6-10-22(19)26-23(25(21)24-20)18-7-3-2-4-8-18/h5-6,9-14,18,21,23H,2-4,7-8,15H2,1H3/t21-,23-/m0/s1. The first kappa shape index (κ1) is 15.9. The Morgan fingerprint density at radius 1 is 0.962 bits per heavy atom. The Bertz CT molecular complexity index is 820. The molecule has 0 aromatic heterocycles. The van der Waals surface area contributed by atoms with E-state index in [0.29, 0.717) is 12.0 Å². The molecule has 134 valence electrons. The number of rotatable bonds is 2. The van der Waals surface area contributed by atoms with E-state index in [1.807, 2.05) is 0 Å². The topological polar surface area (TPSA) is 24.8 Å². The van der Waals surface area contributed by atoms with Crippen molar-refractivity contribution in [1.29, 1.82) is 0 Å². The van der Waals surface area contributed by atoms with E-state index in [9.17, 15) is 0 Å². The van der Waals surface area contributed by atoms with Gasteiger partial charge in [-0.05, 0) is 31.4 Å².